The number of halogens is 1. The summed E-state index contributed by atoms with van der Waals surface area (Å²) in [7, 11) is 7.30. The number of aryl methyl sites for hydroxylation is 1. The fourth-order valence-electron chi connectivity index (χ4n) is 4.87. The Balaban J connectivity index is 1.31. The summed E-state index contributed by atoms with van der Waals surface area (Å²) in [5.74, 6) is 2.98. The predicted molar refractivity (Wildman–Crippen MR) is 147 cm³/mol. The molecular weight excluding hydrogens is 484 g/mol. The molecule has 0 bridgehead atoms. The van der Waals surface area contributed by atoms with Gasteiger partial charge in [0.25, 0.3) is 0 Å². The van der Waals surface area contributed by atoms with E-state index in [1.54, 1.807) is 26.4 Å². The minimum absolute atomic E-state index is 0.301. The van der Waals surface area contributed by atoms with Gasteiger partial charge in [-0.1, -0.05) is 11.6 Å². The highest BCUT2D eigenvalue weighted by Crippen LogP contribution is 2.36. The van der Waals surface area contributed by atoms with Crippen LogP contribution in [0.5, 0.6) is 11.5 Å². The summed E-state index contributed by atoms with van der Waals surface area (Å²) in [6, 6.07) is 4.16. The second kappa shape index (κ2) is 11.5. The number of nitrogens with one attached hydrogen (secondary N) is 3. The van der Waals surface area contributed by atoms with E-state index in [2.05, 4.69) is 34.9 Å². The van der Waals surface area contributed by atoms with Crippen molar-refractivity contribution in [2.75, 3.05) is 43.8 Å². The summed E-state index contributed by atoms with van der Waals surface area (Å²) in [6.07, 6.45) is 8.59. The Hall–Kier alpha value is -2.52. The Labute approximate surface area is 218 Å². The molecule has 0 saturated heterocycles. The van der Waals surface area contributed by atoms with E-state index in [0.717, 1.165) is 50.3 Å². The number of aromatic nitrogens is 2. The minimum Gasteiger partial charge on any atom is -0.495 e. The van der Waals surface area contributed by atoms with Gasteiger partial charge in [-0.25, -0.2) is 4.98 Å². The summed E-state index contributed by atoms with van der Waals surface area (Å²) in [5.41, 5.74) is 3.22. The first-order chi connectivity index (χ1) is 16.9. The van der Waals surface area contributed by atoms with Crippen molar-refractivity contribution in [3.05, 3.63) is 28.4 Å². The zero-order valence-electron chi connectivity index (χ0n) is 20.9. The molecule has 8 nitrogen and oxygen atoms in total. The van der Waals surface area contributed by atoms with Gasteiger partial charge in [0, 0.05) is 37.8 Å². The molecule has 0 radical (unpaired) electrons. The Morgan fingerprint density at radius 2 is 1.69 bits per heavy atom. The smallest absolute Gasteiger partial charge is 0.225 e. The van der Waals surface area contributed by atoms with Crippen molar-refractivity contribution in [2.45, 2.75) is 63.5 Å². The molecule has 1 aromatic heterocycles. The molecule has 1 fully saturated rings. The monoisotopic (exact) mass is 518 g/mol. The van der Waals surface area contributed by atoms with Crippen LogP contribution in [0.3, 0.4) is 0 Å². The van der Waals surface area contributed by atoms with E-state index in [4.69, 9.17) is 43.3 Å². The highest BCUT2D eigenvalue weighted by atomic mass is 35.5. The number of nitrogens with zero attached hydrogens (tertiary/aromatic N) is 3. The van der Waals surface area contributed by atoms with Gasteiger partial charge in [-0.2, -0.15) is 4.98 Å². The van der Waals surface area contributed by atoms with Crippen molar-refractivity contribution in [1.29, 1.82) is 0 Å². The number of benzene rings is 1. The van der Waals surface area contributed by atoms with Crippen LogP contribution in [0.1, 0.15) is 49.8 Å². The Kier molecular flexibility index (Phi) is 8.38. The molecule has 35 heavy (non-hydrogen) atoms. The van der Waals surface area contributed by atoms with Crippen LogP contribution in [-0.4, -0.2) is 55.5 Å². The van der Waals surface area contributed by atoms with Crippen LogP contribution < -0.4 is 30.3 Å². The minimum atomic E-state index is 0.301. The molecule has 0 aliphatic heterocycles. The maximum atomic E-state index is 6.28. The third kappa shape index (κ3) is 6.19. The molecule has 10 heteroatoms. The Morgan fingerprint density at radius 1 is 1.00 bits per heavy atom. The van der Waals surface area contributed by atoms with E-state index < -0.39 is 0 Å². The van der Waals surface area contributed by atoms with Crippen LogP contribution in [0.4, 0.5) is 17.5 Å². The summed E-state index contributed by atoms with van der Waals surface area (Å²) in [5, 5.41) is 11.3. The Bertz CT molecular complexity index is 1060. The standard InChI is InChI=1S/C25H35ClN6O2S/c1-32(2)23-17-7-5-6-8-19(17)29-24(31-23)27-15-9-11-16(12-10-15)28-25(35)30-20-13-18(26)21(33-3)14-22(20)34-4/h13-16H,5-12H2,1-4H3,(H,27,29,31)(H2,28,30,35). The van der Waals surface area contributed by atoms with Crippen molar-refractivity contribution < 1.29 is 9.47 Å². The SMILES string of the molecule is COc1cc(OC)c(NC(=S)NC2CCC(Nc3nc4c(c(N(C)C)n3)CCCC4)CC2)cc1Cl. The van der Waals surface area contributed by atoms with Crippen molar-refractivity contribution in [2.24, 2.45) is 0 Å². The lowest BCUT2D eigenvalue weighted by molar-refractivity contribution is 0.387. The van der Waals surface area contributed by atoms with Gasteiger partial charge in [0.1, 0.15) is 17.3 Å². The summed E-state index contributed by atoms with van der Waals surface area (Å²) >= 11 is 11.8. The molecular formula is C25H35ClN6O2S. The molecule has 0 amide bonds. The molecule has 3 N–H and O–H groups in total. The lowest BCUT2D eigenvalue weighted by Crippen LogP contribution is -2.42. The van der Waals surface area contributed by atoms with Crippen LogP contribution in [0, 0.1) is 0 Å². The van der Waals surface area contributed by atoms with Crippen molar-refractivity contribution >= 4 is 46.4 Å². The van der Waals surface area contributed by atoms with Crippen LogP contribution in [0.2, 0.25) is 5.02 Å². The summed E-state index contributed by atoms with van der Waals surface area (Å²) < 4.78 is 10.7. The highest BCUT2D eigenvalue weighted by Gasteiger charge is 2.24. The van der Waals surface area contributed by atoms with Crippen molar-refractivity contribution in [3.63, 3.8) is 0 Å². The lowest BCUT2D eigenvalue weighted by Gasteiger charge is -2.31. The topological polar surface area (TPSA) is 83.6 Å². The van der Waals surface area contributed by atoms with E-state index in [9.17, 15) is 0 Å². The fraction of sp³-hybridized carbons (Fsp3) is 0.560. The number of anilines is 3. The van der Waals surface area contributed by atoms with E-state index in [-0.39, 0.29) is 0 Å². The molecule has 2 aliphatic rings. The van der Waals surface area contributed by atoms with Gasteiger partial charge in [0.15, 0.2) is 5.11 Å². The predicted octanol–water partition coefficient (Wildman–Crippen LogP) is 4.80. The quantitative estimate of drug-likeness (QED) is 0.447. The third-order valence-corrected chi connectivity index (χ3v) is 7.22. The maximum Gasteiger partial charge on any atom is 0.225 e. The molecule has 0 atom stereocenters. The highest BCUT2D eigenvalue weighted by molar-refractivity contribution is 7.80. The Morgan fingerprint density at radius 3 is 2.37 bits per heavy atom. The number of rotatable bonds is 7. The molecule has 1 heterocycles. The second-order valence-electron chi connectivity index (χ2n) is 9.38. The molecule has 0 spiro atoms. The molecule has 0 unspecified atom stereocenters. The number of fused-ring (bicyclic) bond motifs is 1. The van der Waals surface area contributed by atoms with E-state index in [1.165, 1.54) is 24.1 Å². The van der Waals surface area contributed by atoms with Gasteiger partial charge in [-0.05, 0) is 69.7 Å². The molecule has 2 aliphatic carbocycles. The first-order valence-corrected chi connectivity index (χ1v) is 13.0. The van der Waals surface area contributed by atoms with Gasteiger partial charge >= 0.3 is 0 Å². The zero-order chi connectivity index (χ0) is 24.9. The number of thiocarbonyl (C=S) groups is 1. The normalized spacial score (nSPS) is 19.3. The zero-order valence-corrected chi connectivity index (χ0v) is 22.5. The maximum absolute atomic E-state index is 6.28. The van der Waals surface area contributed by atoms with Gasteiger partial charge < -0.3 is 30.3 Å². The summed E-state index contributed by atoms with van der Waals surface area (Å²) in [4.78, 5) is 11.8. The lowest BCUT2D eigenvalue weighted by atomic mass is 9.91. The van der Waals surface area contributed by atoms with Gasteiger partial charge in [0.05, 0.1) is 30.6 Å². The molecule has 190 valence electrons. The molecule has 1 aromatic carbocycles. The van der Waals surface area contributed by atoms with Gasteiger partial charge in [0.2, 0.25) is 5.95 Å². The number of methoxy groups -OCH3 is 2. The largest absolute Gasteiger partial charge is 0.495 e. The molecule has 2 aromatic rings. The van der Waals surface area contributed by atoms with Crippen molar-refractivity contribution in [1.82, 2.24) is 15.3 Å². The first kappa shape index (κ1) is 25.6. The molecule has 1 saturated carbocycles. The van der Waals surface area contributed by atoms with Gasteiger partial charge in [-0.3, -0.25) is 0 Å². The van der Waals surface area contributed by atoms with Gasteiger partial charge in [-0.15, -0.1) is 0 Å². The second-order valence-corrected chi connectivity index (χ2v) is 10.2. The van der Waals surface area contributed by atoms with Crippen LogP contribution >= 0.6 is 23.8 Å². The van der Waals surface area contributed by atoms with Crippen LogP contribution in [0.15, 0.2) is 12.1 Å². The number of hydrogen-bond acceptors (Lipinski definition) is 7. The first-order valence-electron chi connectivity index (χ1n) is 12.2. The van der Waals surface area contributed by atoms with Crippen LogP contribution in [-0.2, 0) is 12.8 Å². The third-order valence-electron chi connectivity index (χ3n) is 6.70. The fourth-order valence-corrected chi connectivity index (χ4v) is 5.39. The van der Waals surface area contributed by atoms with E-state index >= 15 is 0 Å². The average molecular weight is 519 g/mol. The van der Waals surface area contributed by atoms with E-state index in [1.807, 2.05) is 0 Å². The van der Waals surface area contributed by atoms with Crippen LogP contribution in [0.25, 0.3) is 0 Å². The number of ether oxygens (including phenoxy) is 2. The van der Waals surface area contributed by atoms with E-state index in [0.29, 0.717) is 39.4 Å². The van der Waals surface area contributed by atoms with Crippen molar-refractivity contribution in [3.8, 4) is 11.5 Å². The average Bonchev–Trinajstić information content (AvgIpc) is 2.85. The molecule has 4 rings (SSSR count). The summed E-state index contributed by atoms with van der Waals surface area (Å²) in [6.45, 7) is 0. The number of hydrogen-bond donors (Lipinski definition) is 3.